The molecule has 260 valence electrons. The van der Waals surface area contributed by atoms with Gasteiger partial charge in [0.05, 0.1) is 5.69 Å². The molecule has 11 nitrogen and oxygen atoms in total. The number of unbranched alkanes of at least 4 members (excludes halogenated alkanes) is 12. The molecule has 1 aliphatic heterocycles. The Balaban J connectivity index is 2.03. The Morgan fingerprint density at radius 2 is 1.17 bits per heavy atom. The number of ether oxygens (including phenoxy) is 6. The molecule has 0 unspecified atom stereocenters. The highest BCUT2D eigenvalue weighted by molar-refractivity contribution is 5.68. The maximum atomic E-state index is 12.1. The molecule has 2 N–H and O–H groups in total. The monoisotopic (exact) mass is 649 g/mol. The van der Waals surface area contributed by atoms with Gasteiger partial charge in [-0.15, -0.1) is 0 Å². The first-order chi connectivity index (χ1) is 22.0. The summed E-state index contributed by atoms with van der Waals surface area (Å²) in [4.78, 5) is 47.8. The number of hydrogen-bond acceptors (Lipinski definition) is 11. The van der Waals surface area contributed by atoms with Crippen LogP contribution in [0.15, 0.2) is 18.2 Å². The molecule has 0 aromatic heterocycles. The number of aryl methyl sites for hydroxylation is 1. The molecule has 0 aliphatic carbocycles. The zero-order valence-electron chi connectivity index (χ0n) is 28.4. The minimum atomic E-state index is -1.34. The van der Waals surface area contributed by atoms with Crippen LogP contribution in [0.25, 0.3) is 0 Å². The molecule has 1 heterocycles. The van der Waals surface area contributed by atoms with Gasteiger partial charge in [-0.05, 0) is 30.5 Å². The smallest absolute Gasteiger partial charge is 0.303 e. The molecule has 2 rings (SSSR count). The molecule has 1 saturated heterocycles. The van der Waals surface area contributed by atoms with Gasteiger partial charge in [0, 0.05) is 27.7 Å². The summed E-state index contributed by atoms with van der Waals surface area (Å²) in [7, 11) is 0. The number of benzene rings is 1. The third kappa shape index (κ3) is 14.8. The Morgan fingerprint density at radius 3 is 1.70 bits per heavy atom. The SMILES string of the molecule is CCCCCCCCCCCCCCCc1ccc(N)c(O[C@H]2O[C@@H](COC(C)=O)[C@@H](OC(C)=O)[C@@H](OC(C)=O)[C@@H]2OC(C)=O)c1. The predicted octanol–water partition coefficient (Wildman–Crippen LogP) is 6.36. The van der Waals surface area contributed by atoms with E-state index in [0.29, 0.717) is 5.69 Å². The summed E-state index contributed by atoms with van der Waals surface area (Å²) in [6.07, 6.45) is 11.1. The quantitative estimate of drug-likeness (QED) is 0.0685. The van der Waals surface area contributed by atoms with E-state index in [-0.39, 0.29) is 12.4 Å². The summed E-state index contributed by atoms with van der Waals surface area (Å²) < 4.78 is 33.7. The lowest BCUT2D eigenvalue weighted by Gasteiger charge is -2.44. The van der Waals surface area contributed by atoms with Crippen molar-refractivity contribution in [2.75, 3.05) is 12.3 Å². The second kappa shape index (κ2) is 21.5. The van der Waals surface area contributed by atoms with Gasteiger partial charge in [-0.1, -0.05) is 90.0 Å². The maximum Gasteiger partial charge on any atom is 0.303 e. The van der Waals surface area contributed by atoms with E-state index >= 15 is 0 Å². The first kappa shape index (κ1) is 38.8. The van der Waals surface area contributed by atoms with Gasteiger partial charge in [0.2, 0.25) is 12.4 Å². The molecule has 1 fully saturated rings. The molecule has 1 aromatic carbocycles. The molecular formula is C35H55NO10. The number of carbonyl (C=O) groups excluding carboxylic acids is 4. The zero-order valence-corrected chi connectivity index (χ0v) is 28.4. The third-order valence-corrected chi connectivity index (χ3v) is 7.84. The second-order valence-electron chi connectivity index (χ2n) is 12.1. The second-order valence-corrected chi connectivity index (χ2v) is 12.1. The summed E-state index contributed by atoms with van der Waals surface area (Å²) in [5.41, 5.74) is 7.59. The lowest BCUT2D eigenvalue weighted by Crippen LogP contribution is -2.63. The van der Waals surface area contributed by atoms with Gasteiger partial charge < -0.3 is 34.2 Å². The summed E-state index contributed by atoms with van der Waals surface area (Å²) in [5, 5.41) is 0. The van der Waals surface area contributed by atoms with E-state index < -0.39 is 54.6 Å². The van der Waals surface area contributed by atoms with Crippen molar-refractivity contribution in [2.24, 2.45) is 0 Å². The van der Waals surface area contributed by atoms with E-state index in [1.807, 2.05) is 12.1 Å². The first-order valence-electron chi connectivity index (χ1n) is 16.9. The van der Waals surface area contributed by atoms with E-state index in [2.05, 4.69) is 6.92 Å². The van der Waals surface area contributed by atoms with E-state index in [1.165, 1.54) is 98.3 Å². The van der Waals surface area contributed by atoms with Crippen molar-refractivity contribution < 1.29 is 47.6 Å². The fraction of sp³-hybridized carbons (Fsp3) is 0.714. The maximum absolute atomic E-state index is 12.1. The normalized spacial score (nSPS) is 20.8. The minimum Gasteiger partial charge on any atom is -0.463 e. The number of carbonyl (C=O) groups is 4. The average molecular weight is 650 g/mol. The molecule has 0 bridgehead atoms. The van der Waals surface area contributed by atoms with Crippen LogP contribution in [0.3, 0.4) is 0 Å². The van der Waals surface area contributed by atoms with Crippen LogP contribution in [0.4, 0.5) is 5.69 Å². The van der Waals surface area contributed by atoms with Crippen LogP contribution in [0.2, 0.25) is 0 Å². The van der Waals surface area contributed by atoms with Gasteiger partial charge in [0.1, 0.15) is 18.5 Å². The molecule has 1 aromatic rings. The van der Waals surface area contributed by atoms with Crippen molar-refractivity contribution >= 4 is 29.6 Å². The Bertz CT molecular complexity index is 1090. The van der Waals surface area contributed by atoms with E-state index in [0.717, 1.165) is 24.8 Å². The van der Waals surface area contributed by atoms with Gasteiger partial charge in [-0.2, -0.15) is 0 Å². The Hall–Kier alpha value is -3.34. The molecule has 11 heteroatoms. The van der Waals surface area contributed by atoms with Crippen LogP contribution in [0.1, 0.15) is 124 Å². The Kier molecular flexibility index (Phi) is 18.1. The van der Waals surface area contributed by atoms with E-state index in [9.17, 15) is 19.2 Å². The average Bonchev–Trinajstić information content (AvgIpc) is 2.98. The van der Waals surface area contributed by atoms with E-state index in [4.69, 9.17) is 34.2 Å². The van der Waals surface area contributed by atoms with Crippen LogP contribution in [-0.2, 0) is 49.3 Å². The number of nitrogens with two attached hydrogens (primary N) is 1. The molecule has 0 spiro atoms. The van der Waals surface area contributed by atoms with Gasteiger partial charge in [-0.25, -0.2) is 0 Å². The summed E-state index contributed by atoms with van der Waals surface area (Å²) in [6, 6.07) is 5.48. The fourth-order valence-electron chi connectivity index (χ4n) is 5.59. The van der Waals surface area contributed by atoms with Gasteiger partial charge in [-0.3, -0.25) is 19.2 Å². The third-order valence-electron chi connectivity index (χ3n) is 7.84. The van der Waals surface area contributed by atoms with Gasteiger partial charge >= 0.3 is 23.9 Å². The lowest BCUT2D eigenvalue weighted by atomic mass is 9.98. The predicted molar refractivity (Wildman–Crippen MR) is 173 cm³/mol. The van der Waals surface area contributed by atoms with E-state index in [1.54, 1.807) is 6.07 Å². The summed E-state index contributed by atoms with van der Waals surface area (Å²) in [6.45, 7) is 6.64. The van der Waals surface area contributed by atoms with Crippen molar-refractivity contribution in [2.45, 2.75) is 155 Å². The Morgan fingerprint density at radius 1 is 0.674 bits per heavy atom. The summed E-state index contributed by atoms with van der Waals surface area (Å²) >= 11 is 0. The molecule has 0 saturated carbocycles. The zero-order chi connectivity index (χ0) is 33.9. The number of rotatable bonds is 21. The summed E-state index contributed by atoms with van der Waals surface area (Å²) in [5.74, 6) is -2.44. The lowest BCUT2D eigenvalue weighted by molar-refractivity contribution is -0.288. The number of anilines is 1. The standard InChI is InChI=1S/C35H55NO10/c1-6-7-8-9-10-11-12-13-14-15-16-17-18-19-28-20-21-29(36)30(22-28)45-35-34(44-27(5)40)33(43-26(4)39)32(42-25(3)38)31(46-35)23-41-24(2)37/h20-22,31-35H,6-19,23,36H2,1-5H3/t31-,32+,33+,34-,35-/m0/s1. The van der Waals surface area contributed by atoms with Gasteiger partial charge in [0.25, 0.3) is 0 Å². The fourth-order valence-corrected chi connectivity index (χ4v) is 5.59. The van der Waals surface area contributed by atoms with Crippen molar-refractivity contribution in [3.05, 3.63) is 23.8 Å². The van der Waals surface area contributed by atoms with Crippen molar-refractivity contribution in [3.8, 4) is 5.75 Å². The van der Waals surface area contributed by atoms with Crippen molar-refractivity contribution in [1.82, 2.24) is 0 Å². The first-order valence-corrected chi connectivity index (χ1v) is 16.9. The molecule has 1 aliphatic rings. The van der Waals surface area contributed by atoms with Crippen LogP contribution >= 0.6 is 0 Å². The number of esters is 4. The largest absolute Gasteiger partial charge is 0.463 e. The highest BCUT2D eigenvalue weighted by atomic mass is 16.7. The van der Waals surface area contributed by atoms with Gasteiger partial charge in [0.15, 0.2) is 12.2 Å². The highest BCUT2D eigenvalue weighted by Crippen LogP contribution is 2.33. The highest BCUT2D eigenvalue weighted by Gasteiger charge is 2.53. The van der Waals surface area contributed by atoms with Crippen LogP contribution in [-0.4, -0.2) is 61.2 Å². The van der Waals surface area contributed by atoms with Crippen LogP contribution in [0, 0.1) is 0 Å². The number of nitrogen functional groups attached to an aromatic ring is 1. The molecular weight excluding hydrogens is 594 g/mol. The van der Waals surface area contributed by atoms with Crippen LogP contribution < -0.4 is 10.5 Å². The van der Waals surface area contributed by atoms with Crippen molar-refractivity contribution in [3.63, 3.8) is 0 Å². The molecule has 0 radical (unpaired) electrons. The van der Waals surface area contributed by atoms with Crippen LogP contribution in [0.5, 0.6) is 5.75 Å². The molecule has 0 amide bonds. The topological polar surface area (TPSA) is 150 Å². The number of hydrogen-bond donors (Lipinski definition) is 1. The minimum absolute atomic E-state index is 0.285. The molecule has 5 atom stereocenters. The van der Waals surface area contributed by atoms with Crippen molar-refractivity contribution in [1.29, 1.82) is 0 Å². The molecule has 46 heavy (non-hydrogen) atoms. The Labute approximate surface area is 274 Å².